The molecule has 0 aromatic carbocycles. The van der Waals surface area contributed by atoms with E-state index in [1.165, 1.54) is 0 Å². The van der Waals surface area contributed by atoms with E-state index in [1.54, 1.807) is 36.5 Å². The Morgan fingerprint density at radius 2 is 2.43 bits per heavy atom. The number of likely N-dealkylation sites (N-methyl/N-ethyl adjacent to an activating group) is 1. The van der Waals surface area contributed by atoms with Gasteiger partial charge in [0.15, 0.2) is 0 Å². The van der Waals surface area contributed by atoms with E-state index >= 15 is 0 Å². The van der Waals surface area contributed by atoms with Crippen molar-refractivity contribution in [2.24, 2.45) is 5.73 Å². The van der Waals surface area contributed by atoms with Crippen molar-refractivity contribution in [3.8, 4) is 0 Å². The van der Waals surface area contributed by atoms with Crippen molar-refractivity contribution in [3.63, 3.8) is 0 Å². The van der Waals surface area contributed by atoms with Crippen LogP contribution in [0.2, 0.25) is 0 Å². The first-order valence-electron chi connectivity index (χ1n) is 4.57. The number of nitrogens with two attached hydrogens (primary N) is 1. The minimum Gasteiger partial charge on any atom is -0.344 e. The Morgan fingerprint density at radius 1 is 1.71 bits per heavy atom. The Hall–Kier alpha value is -1.42. The van der Waals surface area contributed by atoms with Crippen LogP contribution in [0.5, 0.6) is 0 Å². The van der Waals surface area contributed by atoms with Crippen molar-refractivity contribution >= 4 is 5.91 Å². The van der Waals surface area contributed by atoms with Crippen molar-refractivity contribution in [2.45, 2.75) is 13.0 Å². The monoisotopic (exact) mass is 193 g/mol. The van der Waals surface area contributed by atoms with Gasteiger partial charge in [0.05, 0.1) is 0 Å². The van der Waals surface area contributed by atoms with Gasteiger partial charge >= 0.3 is 0 Å². The zero-order valence-electron chi connectivity index (χ0n) is 8.47. The van der Waals surface area contributed by atoms with Gasteiger partial charge in [-0.1, -0.05) is 6.07 Å². The molecule has 2 N–H and O–H groups in total. The second kappa shape index (κ2) is 4.72. The lowest BCUT2D eigenvalue weighted by atomic mass is 10.1. The normalized spacial score (nSPS) is 12.2. The highest BCUT2D eigenvalue weighted by Gasteiger charge is 2.18. The summed E-state index contributed by atoms with van der Waals surface area (Å²) < 4.78 is 0. The second-order valence-corrected chi connectivity index (χ2v) is 3.12. The Balaban J connectivity index is 2.76. The van der Waals surface area contributed by atoms with E-state index in [9.17, 15) is 4.79 Å². The second-order valence-electron chi connectivity index (χ2n) is 3.12. The third kappa shape index (κ3) is 2.29. The molecule has 4 nitrogen and oxygen atoms in total. The van der Waals surface area contributed by atoms with Crippen molar-refractivity contribution in [1.29, 1.82) is 0 Å². The molecular weight excluding hydrogens is 178 g/mol. The van der Waals surface area contributed by atoms with Crippen molar-refractivity contribution < 1.29 is 4.79 Å². The summed E-state index contributed by atoms with van der Waals surface area (Å²) in [6, 6.07) is 2.97. The Morgan fingerprint density at radius 3 is 2.93 bits per heavy atom. The van der Waals surface area contributed by atoms with Gasteiger partial charge in [-0.15, -0.1) is 0 Å². The predicted molar refractivity (Wildman–Crippen MR) is 54.5 cm³/mol. The van der Waals surface area contributed by atoms with Crippen LogP contribution < -0.4 is 5.73 Å². The fourth-order valence-electron chi connectivity index (χ4n) is 1.10. The molecule has 76 valence electrons. The van der Waals surface area contributed by atoms with Crippen LogP contribution >= 0.6 is 0 Å². The molecule has 4 heteroatoms. The van der Waals surface area contributed by atoms with E-state index in [0.717, 1.165) is 5.56 Å². The van der Waals surface area contributed by atoms with Gasteiger partial charge < -0.3 is 10.6 Å². The summed E-state index contributed by atoms with van der Waals surface area (Å²) in [6.07, 6.45) is 3.27. The van der Waals surface area contributed by atoms with Gasteiger partial charge in [-0.3, -0.25) is 9.78 Å². The van der Waals surface area contributed by atoms with Gasteiger partial charge in [0.1, 0.15) is 6.04 Å². The molecule has 1 aromatic rings. The molecule has 0 spiro atoms. The van der Waals surface area contributed by atoms with Crippen molar-refractivity contribution in [1.82, 2.24) is 9.88 Å². The molecular formula is C10H15N3O. The van der Waals surface area contributed by atoms with Crippen LogP contribution in [-0.2, 0) is 4.79 Å². The third-order valence-electron chi connectivity index (χ3n) is 2.16. The standard InChI is InChI=1S/C10H15N3O/c1-3-13(2)10(14)9(11)8-5-4-6-12-7-8/h4-7,9H,3,11H2,1-2H3. The molecule has 0 saturated carbocycles. The highest BCUT2D eigenvalue weighted by atomic mass is 16.2. The molecule has 1 aromatic heterocycles. The summed E-state index contributed by atoms with van der Waals surface area (Å²) in [5, 5.41) is 0. The smallest absolute Gasteiger partial charge is 0.243 e. The van der Waals surface area contributed by atoms with Crippen LogP contribution in [0.3, 0.4) is 0 Å². The van der Waals surface area contributed by atoms with Crippen molar-refractivity contribution in [3.05, 3.63) is 30.1 Å². The van der Waals surface area contributed by atoms with Gasteiger partial charge in [0, 0.05) is 26.0 Å². The number of aromatic nitrogens is 1. The zero-order valence-corrected chi connectivity index (χ0v) is 8.47. The van der Waals surface area contributed by atoms with E-state index in [0.29, 0.717) is 6.54 Å². The summed E-state index contributed by atoms with van der Waals surface area (Å²) in [5.41, 5.74) is 6.53. The number of rotatable bonds is 3. The van der Waals surface area contributed by atoms with Crippen LogP contribution in [0.4, 0.5) is 0 Å². The van der Waals surface area contributed by atoms with Gasteiger partial charge in [-0.25, -0.2) is 0 Å². The third-order valence-corrected chi connectivity index (χ3v) is 2.16. The molecule has 1 atom stereocenters. The number of carbonyl (C=O) groups is 1. The minimum atomic E-state index is -0.603. The average Bonchev–Trinajstić information content (AvgIpc) is 2.27. The first kappa shape index (κ1) is 10.7. The van der Waals surface area contributed by atoms with E-state index in [1.807, 2.05) is 6.92 Å². The molecule has 0 aliphatic carbocycles. The summed E-state index contributed by atoms with van der Waals surface area (Å²) in [7, 11) is 1.73. The number of carbonyl (C=O) groups excluding carboxylic acids is 1. The molecule has 0 fully saturated rings. The molecule has 1 heterocycles. The lowest BCUT2D eigenvalue weighted by molar-refractivity contribution is -0.131. The van der Waals surface area contributed by atoms with E-state index < -0.39 is 6.04 Å². The van der Waals surface area contributed by atoms with Crippen LogP contribution in [0.25, 0.3) is 0 Å². The minimum absolute atomic E-state index is 0.0829. The number of hydrogen-bond donors (Lipinski definition) is 1. The number of nitrogens with zero attached hydrogens (tertiary/aromatic N) is 2. The van der Waals surface area contributed by atoms with Gasteiger partial charge in [-0.05, 0) is 18.6 Å². The fraction of sp³-hybridized carbons (Fsp3) is 0.400. The van der Waals surface area contributed by atoms with Crippen molar-refractivity contribution in [2.75, 3.05) is 13.6 Å². The molecule has 1 amide bonds. The van der Waals surface area contributed by atoms with Gasteiger partial charge in [-0.2, -0.15) is 0 Å². The molecule has 0 radical (unpaired) electrons. The molecule has 14 heavy (non-hydrogen) atoms. The fourth-order valence-corrected chi connectivity index (χ4v) is 1.10. The first-order valence-corrected chi connectivity index (χ1v) is 4.57. The lowest BCUT2D eigenvalue weighted by Crippen LogP contribution is -2.35. The van der Waals surface area contributed by atoms with E-state index in [2.05, 4.69) is 4.98 Å². The average molecular weight is 193 g/mol. The first-order chi connectivity index (χ1) is 6.66. The molecule has 1 rings (SSSR count). The lowest BCUT2D eigenvalue weighted by Gasteiger charge is -2.19. The van der Waals surface area contributed by atoms with Crippen LogP contribution in [0, 0.1) is 0 Å². The maximum Gasteiger partial charge on any atom is 0.243 e. The van der Waals surface area contributed by atoms with Crippen LogP contribution in [0.15, 0.2) is 24.5 Å². The van der Waals surface area contributed by atoms with Crippen LogP contribution in [-0.4, -0.2) is 29.4 Å². The maximum absolute atomic E-state index is 11.6. The Labute approximate surface area is 83.7 Å². The van der Waals surface area contributed by atoms with Gasteiger partial charge in [0.2, 0.25) is 5.91 Å². The zero-order chi connectivity index (χ0) is 10.6. The Bertz CT molecular complexity index is 299. The molecule has 1 unspecified atom stereocenters. The maximum atomic E-state index is 11.6. The highest BCUT2D eigenvalue weighted by molar-refractivity contribution is 5.82. The topological polar surface area (TPSA) is 59.2 Å². The number of hydrogen-bond acceptors (Lipinski definition) is 3. The number of pyridine rings is 1. The van der Waals surface area contributed by atoms with E-state index in [-0.39, 0.29) is 5.91 Å². The summed E-state index contributed by atoms with van der Waals surface area (Å²) >= 11 is 0. The quantitative estimate of drug-likeness (QED) is 0.763. The molecule has 0 aliphatic heterocycles. The molecule has 0 aliphatic rings. The highest BCUT2D eigenvalue weighted by Crippen LogP contribution is 2.10. The molecule has 0 saturated heterocycles. The largest absolute Gasteiger partial charge is 0.344 e. The number of amides is 1. The van der Waals surface area contributed by atoms with Gasteiger partial charge in [0.25, 0.3) is 0 Å². The summed E-state index contributed by atoms with van der Waals surface area (Å²) in [5.74, 6) is -0.0829. The SMILES string of the molecule is CCN(C)C(=O)C(N)c1cccnc1. The van der Waals surface area contributed by atoms with Crippen LogP contribution in [0.1, 0.15) is 18.5 Å². The predicted octanol–water partition coefficient (Wildman–Crippen LogP) is 0.560. The van der Waals surface area contributed by atoms with E-state index in [4.69, 9.17) is 5.73 Å². The summed E-state index contributed by atoms with van der Waals surface area (Å²) in [6.45, 7) is 2.57. The Kier molecular flexibility index (Phi) is 3.59. The summed E-state index contributed by atoms with van der Waals surface area (Å²) in [4.78, 5) is 17.2. The molecule has 0 bridgehead atoms.